The van der Waals surface area contributed by atoms with Gasteiger partial charge in [0.1, 0.15) is 0 Å². The van der Waals surface area contributed by atoms with Gasteiger partial charge in [-0.25, -0.2) is 15.0 Å². The Morgan fingerprint density at radius 2 is 1.67 bits per heavy atom. The second-order valence-corrected chi connectivity index (χ2v) is 7.75. The van der Waals surface area contributed by atoms with Crippen molar-refractivity contribution in [2.24, 2.45) is 0 Å². The van der Waals surface area contributed by atoms with Crippen molar-refractivity contribution in [2.75, 3.05) is 18.1 Å². The van der Waals surface area contributed by atoms with Crippen LogP contribution in [0, 0.1) is 0 Å². The standard InChI is InChI=1S/C25H29N3O5/c1-5-32-23(30)26-28(24(31)33-6-2)25(16-18(3)4)20-14-10-11-15-21(20)27(22(25)29)17-19-12-8-7-9-13-19/h7-15H,3,5-6,16-17H2,1-2,4H3,(H,26,30)/t25-/m0/s1. The Morgan fingerprint density at radius 1 is 1.03 bits per heavy atom. The summed E-state index contributed by atoms with van der Waals surface area (Å²) in [5.74, 6) is -0.375. The molecule has 1 aliphatic heterocycles. The molecule has 0 spiro atoms. The van der Waals surface area contributed by atoms with E-state index < -0.39 is 17.7 Å². The summed E-state index contributed by atoms with van der Waals surface area (Å²) < 4.78 is 10.2. The summed E-state index contributed by atoms with van der Waals surface area (Å²) >= 11 is 0. The molecule has 0 saturated carbocycles. The van der Waals surface area contributed by atoms with E-state index in [-0.39, 0.29) is 25.5 Å². The molecule has 3 amide bonds. The van der Waals surface area contributed by atoms with Gasteiger partial charge in [-0.3, -0.25) is 4.79 Å². The summed E-state index contributed by atoms with van der Waals surface area (Å²) in [5.41, 5.74) is 3.66. The zero-order valence-electron chi connectivity index (χ0n) is 19.2. The molecule has 8 nitrogen and oxygen atoms in total. The molecule has 0 saturated heterocycles. The van der Waals surface area contributed by atoms with E-state index in [9.17, 15) is 14.4 Å². The van der Waals surface area contributed by atoms with Gasteiger partial charge in [0.05, 0.1) is 25.4 Å². The second kappa shape index (κ2) is 10.2. The van der Waals surface area contributed by atoms with Crippen LogP contribution in [0.5, 0.6) is 0 Å². The summed E-state index contributed by atoms with van der Waals surface area (Å²) in [6, 6.07) is 16.8. The Morgan fingerprint density at radius 3 is 2.30 bits per heavy atom. The zero-order valence-corrected chi connectivity index (χ0v) is 19.2. The van der Waals surface area contributed by atoms with Crippen molar-refractivity contribution in [3.8, 4) is 0 Å². The van der Waals surface area contributed by atoms with E-state index in [1.165, 1.54) is 0 Å². The Balaban J connectivity index is 2.18. The first-order chi connectivity index (χ1) is 15.8. The van der Waals surface area contributed by atoms with E-state index >= 15 is 0 Å². The first-order valence-electron chi connectivity index (χ1n) is 10.8. The van der Waals surface area contributed by atoms with Gasteiger partial charge in [-0.2, -0.15) is 5.01 Å². The molecule has 2 aromatic rings. The molecular weight excluding hydrogens is 422 g/mol. The monoisotopic (exact) mass is 451 g/mol. The summed E-state index contributed by atoms with van der Waals surface area (Å²) in [7, 11) is 0. The number of anilines is 1. The number of hydrogen-bond acceptors (Lipinski definition) is 5. The number of amides is 3. The first-order valence-corrected chi connectivity index (χ1v) is 10.8. The van der Waals surface area contributed by atoms with Crippen molar-refractivity contribution in [1.82, 2.24) is 10.4 Å². The molecule has 0 bridgehead atoms. The van der Waals surface area contributed by atoms with Gasteiger partial charge < -0.3 is 14.4 Å². The van der Waals surface area contributed by atoms with Crippen LogP contribution in [0.1, 0.15) is 38.3 Å². The smallest absolute Gasteiger partial charge is 0.430 e. The number of nitrogens with one attached hydrogen (secondary N) is 1. The lowest BCUT2D eigenvalue weighted by Gasteiger charge is -2.38. The van der Waals surface area contributed by atoms with Crippen LogP contribution in [-0.2, 0) is 26.4 Å². The van der Waals surface area contributed by atoms with Crippen LogP contribution in [0.25, 0.3) is 0 Å². The predicted molar refractivity (Wildman–Crippen MR) is 124 cm³/mol. The lowest BCUT2D eigenvalue weighted by Crippen LogP contribution is -2.62. The maximum absolute atomic E-state index is 14.2. The van der Waals surface area contributed by atoms with Gasteiger partial charge in [0.25, 0.3) is 5.91 Å². The number of nitrogens with zero attached hydrogens (tertiary/aromatic N) is 2. The Hall–Kier alpha value is -3.81. The Labute approximate surface area is 193 Å². The Bertz CT molecular complexity index is 1040. The minimum atomic E-state index is -1.59. The molecule has 1 atom stereocenters. The molecule has 0 aliphatic carbocycles. The summed E-state index contributed by atoms with van der Waals surface area (Å²) in [6.45, 7) is 9.51. The average molecular weight is 452 g/mol. The zero-order chi connectivity index (χ0) is 24.0. The van der Waals surface area contributed by atoms with E-state index in [1.807, 2.05) is 42.5 Å². The molecule has 1 heterocycles. The lowest BCUT2D eigenvalue weighted by molar-refractivity contribution is -0.131. The molecule has 0 unspecified atom stereocenters. The number of hydrogen-bond donors (Lipinski definition) is 1. The molecule has 33 heavy (non-hydrogen) atoms. The van der Waals surface area contributed by atoms with Crippen molar-refractivity contribution in [1.29, 1.82) is 0 Å². The van der Waals surface area contributed by atoms with Gasteiger partial charge >= 0.3 is 12.2 Å². The van der Waals surface area contributed by atoms with Crippen molar-refractivity contribution >= 4 is 23.8 Å². The van der Waals surface area contributed by atoms with Crippen LogP contribution in [0.2, 0.25) is 0 Å². The molecule has 0 radical (unpaired) electrons. The van der Waals surface area contributed by atoms with Gasteiger partial charge in [0.2, 0.25) is 0 Å². The highest BCUT2D eigenvalue weighted by Gasteiger charge is 2.57. The number of carbonyl (C=O) groups excluding carboxylic acids is 3. The highest BCUT2D eigenvalue weighted by molar-refractivity contribution is 6.09. The molecule has 8 heteroatoms. The predicted octanol–water partition coefficient (Wildman–Crippen LogP) is 4.51. The van der Waals surface area contributed by atoms with Crippen LogP contribution in [0.4, 0.5) is 15.3 Å². The van der Waals surface area contributed by atoms with Gasteiger partial charge in [-0.1, -0.05) is 54.1 Å². The van der Waals surface area contributed by atoms with Gasteiger partial charge in [0.15, 0.2) is 5.54 Å². The average Bonchev–Trinajstić information content (AvgIpc) is 3.01. The van der Waals surface area contributed by atoms with Crippen LogP contribution < -0.4 is 10.3 Å². The topological polar surface area (TPSA) is 88.2 Å². The maximum atomic E-state index is 14.2. The fourth-order valence-corrected chi connectivity index (χ4v) is 4.07. The SMILES string of the molecule is C=C(C)C[C@@]1(N(NC(=O)OCC)C(=O)OCC)C(=O)N(Cc2ccccc2)c2ccccc21. The molecule has 1 aliphatic rings. The van der Waals surface area contributed by atoms with Crippen LogP contribution in [0.15, 0.2) is 66.7 Å². The molecular formula is C25H29N3O5. The summed E-state index contributed by atoms with van der Waals surface area (Å²) in [4.78, 5) is 41.3. The van der Waals surface area contributed by atoms with E-state index in [0.717, 1.165) is 10.6 Å². The van der Waals surface area contributed by atoms with E-state index in [4.69, 9.17) is 9.47 Å². The number of hydrazine groups is 1. The van der Waals surface area contributed by atoms with Crippen LogP contribution in [0.3, 0.4) is 0 Å². The van der Waals surface area contributed by atoms with E-state index in [1.54, 1.807) is 37.8 Å². The number of fused-ring (bicyclic) bond motifs is 1. The molecule has 174 valence electrons. The fourth-order valence-electron chi connectivity index (χ4n) is 4.07. The second-order valence-electron chi connectivity index (χ2n) is 7.75. The molecule has 0 aromatic heterocycles. The number of ether oxygens (including phenoxy) is 2. The minimum absolute atomic E-state index is 0.0621. The van der Waals surface area contributed by atoms with Crippen molar-refractivity contribution in [2.45, 2.75) is 39.3 Å². The summed E-state index contributed by atoms with van der Waals surface area (Å²) in [6.07, 6.45) is -1.64. The maximum Gasteiger partial charge on any atom is 0.430 e. The van der Waals surface area contributed by atoms with Crippen molar-refractivity contribution < 1.29 is 23.9 Å². The van der Waals surface area contributed by atoms with Gasteiger partial charge in [0, 0.05) is 12.0 Å². The fraction of sp³-hybridized carbons (Fsp3) is 0.320. The van der Waals surface area contributed by atoms with Gasteiger partial charge in [-0.15, -0.1) is 6.58 Å². The number of benzene rings is 2. The number of carbonyl (C=O) groups is 3. The number of para-hydroxylation sites is 1. The van der Waals surface area contributed by atoms with Crippen LogP contribution in [-0.4, -0.2) is 36.3 Å². The number of rotatable bonds is 7. The summed E-state index contributed by atoms with van der Waals surface area (Å²) in [5, 5.41) is 0.954. The normalized spacial score (nSPS) is 16.7. The molecule has 3 rings (SSSR count). The van der Waals surface area contributed by atoms with Crippen molar-refractivity contribution in [3.05, 3.63) is 77.9 Å². The third kappa shape index (κ3) is 4.69. The van der Waals surface area contributed by atoms with Crippen LogP contribution >= 0.6 is 0 Å². The third-order valence-electron chi connectivity index (χ3n) is 5.29. The quantitative estimate of drug-likeness (QED) is 0.494. The molecule has 2 aromatic carbocycles. The Kier molecular flexibility index (Phi) is 7.37. The third-order valence-corrected chi connectivity index (χ3v) is 5.29. The highest BCUT2D eigenvalue weighted by Crippen LogP contribution is 2.47. The van der Waals surface area contributed by atoms with E-state index in [0.29, 0.717) is 23.4 Å². The highest BCUT2D eigenvalue weighted by atomic mass is 16.6. The van der Waals surface area contributed by atoms with E-state index in [2.05, 4.69) is 12.0 Å². The van der Waals surface area contributed by atoms with Crippen molar-refractivity contribution in [3.63, 3.8) is 0 Å². The molecule has 1 N–H and O–H groups in total. The molecule has 0 fully saturated rings. The first kappa shape index (κ1) is 23.8. The van der Waals surface area contributed by atoms with Gasteiger partial charge in [-0.05, 0) is 32.4 Å². The largest absolute Gasteiger partial charge is 0.449 e. The minimum Gasteiger partial charge on any atom is -0.449 e. The lowest BCUT2D eigenvalue weighted by atomic mass is 9.84.